The quantitative estimate of drug-likeness (QED) is 0.325. The molecule has 3 aliphatic carbocycles. The first kappa shape index (κ1) is 41.9. The molecule has 0 radical (unpaired) electrons. The van der Waals surface area contributed by atoms with Crippen LogP contribution in [0.25, 0.3) is 11.0 Å². The van der Waals surface area contributed by atoms with Crippen molar-refractivity contribution < 1.29 is 53.1 Å². The summed E-state index contributed by atoms with van der Waals surface area (Å²) in [5, 5.41) is 4.37. The van der Waals surface area contributed by atoms with E-state index in [-0.39, 0.29) is 39.2 Å². The second-order valence-electron chi connectivity index (χ2n) is 17.8. The van der Waals surface area contributed by atoms with Gasteiger partial charge in [-0.25, -0.2) is 36.4 Å². The van der Waals surface area contributed by atoms with Crippen molar-refractivity contribution >= 4 is 44.9 Å². The number of hydrogen-bond donors (Lipinski definition) is 3. The molecule has 4 amide bonds. The highest BCUT2D eigenvalue weighted by atomic mass is 32.2. The van der Waals surface area contributed by atoms with Crippen LogP contribution < -0.4 is 20.1 Å². The van der Waals surface area contributed by atoms with Crippen molar-refractivity contribution in [2.45, 2.75) is 146 Å². The van der Waals surface area contributed by atoms with E-state index in [0.717, 1.165) is 32.1 Å². The number of carbonyl (C=O) groups is 4. The number of ether oxygens (including phenoxy) is 2. The Morgan fingerprint density at radius 3 is 2.48 bits per heavy atom. The second-order valence-corrected chi connectivity index (χ2v) is 19.7. The van der Waals surface area contributed by atoms with Gasteiger partial charge in [0.2, 0.25) is 34.1 Å². The highest BCUT2D eigenvalue weighted by Crippen LogP contribution is 2.49. The van der Waals surface area contributed by atoms with Crippen LogP contribution in [0.5, 0.6) is 5.88 Å². The highest BCUT2D eigenvalue weighted by molar-refractivity contribution is 7.91. The fourth-order valence-electron chi connectivity index (χ4n) is 9.01. The minimum Gasteiger partial charge on any atom is -0.471 e. The molecule has 4 fully saturated rings. The molecule has 3 N–H and O–H groups in total. The number of sulfonamides is 1. The first-order valence-electron chi connectivity index (χ1n) is 20.5. The van der Waals surface area contributed by atoms with Crippen LogP contribution in [-0.2, 0) is 35.6 Å². The number of alkyl halides is 2. The Balaban J connectivity index is 0.00000341. The number of alkyl carbamates (subject to hydrolysis) is 1. The Morgan fingerprint density at radius 2 is 1.81 bits per heavy atom. The van der Waals surface area contributed by atoms with Crippen molar-refractivity contribution in [1.82, 2.24) is 30.2 Å². The van der Waals surface area contributed by atoms with Gasteiger partial charge in [0.25, 0.3) is 5.91 Å². The van der Waals surface area contributed by atoms with E-state index in [1.165, 1.54) is 23.1 Å². The molecule has 3 saturated carbocycles. The number of rotatable bonds is 7. The largest absolute Gasteiger partial charge is 0.471 e. The van der Waals surface area contributed by atoms with Crippen LogP contribution in [0.1, 0.15) is 107 Å². The van der Waals surface area contributed by atoms with Gasteiger partial charge in [0, 0.05) is 15.3 Å². The van der Waals surface area contributed by atoms with Gasteiger partial charge in [-0.05, 0) is 80.8 Å². The lowest BCUT2D eigenvalue weighted by Gasteiger charge is -2.36. The first-order valence-corrected chi connectivity index (χ1v) is 22.0. The van der Waals surface area contributed by atoms with E-state index in [9.17, 15) is 40.8 Å². The number of fused-ring (bicyclic) bond motifs is 5. The molecule has 5 aliphatic rings. The number of aryl methyl sites for hydroxylation is 1. The third kappa shape index (κ3) is 8.71. The summed E-state index contributed by atoms with van der Waals surface area (Å²) < 4.78 is 82.5. The number of aromatic nitrogens is 2. The molecule has 1 aromatic carbocycles. The smallest absolute Gasteiger partial charge is 0.408 e. The van der Waals surface area contributed by atoms with Crippen molar-refractivity contribution in [3.63, 3.8) is 0 Å². The predicted octanol–water partition coefficient (Wildman–Crippen LogP) is 5.42. The number of halogens is 3. The van der Waals surface area contributed by atoms with E-state index < -0.39 is 92.8 Å². The third-order valence-corrected chi connectivity index (χ3v) is 14.4. The van der Waals surface area contributed by atoms with Gasteiger partial charge >= 0.3 is 6.09 Å². The molecule has 8 atom stereocenters. The number of nitrogens with one attached hydrogen (secondary N) is 3. The van der Waals surface area contributed by atoms with Gasteiger partial charge < -0.3 is 25.0 Å². The Morgan fingerprint density at radius 1 is 1.05 bits per heavy atom. The van der Waals surface area contributed by atoms with Gasteiger partial charge in [-0.2, -0.15) is 0 Å². The molecule has 0 spiro atoms. The Bertz CT molecular complexity index is 2060. The summed E-state index contributed by atoms with van der Waals surface area (Å²) in [6.45, 7) is 7.10. The number of benzene rings is 1. The summed E-state index contributed by atoms with van der Waals surface area (Å²) in [6, 6.07) is 1.39. The predicted molar refractivity (Wildman–Crippen MR) is 209 cm³/mol. The summed E-state index contributed by atoms with van der Waals surface area (Å²) in [7, 11) is -4.15. The fourth-order valence-corrected chi connectivity index (χ4v) is 10.4. The fraction of sp³-hybridized carbons (Fsp3) is 0.700. The van der Waals surface area contributed by atoms with Crippen molar-refractivity contribution in [2.75, 3.05) is 6.54 Å². The van der Waals surface area contributed by atoms with E-state index in [4.69, 9.17) is 14.5 Å². The zero-order valence-corrected chi connectivity index (χ0v) is 34.1. The van der Waals surface area contributed by atoms with E-state index in [2.05, 4.69) is 22.5 Å². The Hall–Kier alpha value is -4.22. The second kappa shape index (κ2) is 16.1. The molecule has 2 aromatic rings. The van der Waals surface area contributed by atoms with Crippen molar-refractivity contribution in [2.24, 2.45) is 23.2 Å². The average molecular weight is 839 g/mol. The number of carbonyl (C=O) groups excluding carboxylic acids is 4. The maximum Gasteiger partial charge on any atom is 0.408 e. The molecule has 3 heterocycles. The Kier molecular flexibility index (Phi) is 11.6. The molecule has 2 bridgehead atoms. The maximum atomic E-state index is 14.7. The topological polar surface area (TPSA) is 186 Å². The molecule has 58 heavy (non-hydrogen) atoms. The number of amides is 4. The van der Waals surface area contributed by atoms with Gasteiger partial charge in [-0.3, -0.25) is 19.1 Å². The summed E-state index contributed by atoms with van der Waals surface area (Å²) in [5.74, 6) is -4.55. The lowest BCUT2D eigenvalue weighted by molar-refractivity contribution is -0.143. The summed E-state index contributed by atoms with van der Waals surface area (Å²) in [5.41, 5.74) is -1.97. The van der Waals surface area contributed by atoms with E-state index in [1.54, 1.807) is 20.8 Å². The molecule has 18 heteroatoms. The van der Waals surface area contributed by atoms with Crippen LogP contribution in [0.15, 0.2) is 18.2 Å². The molecular formula is C40H57F3N6O8S. The lowest BCUT2D eigenvalue weighted by Crippen LogP contribution is -2.60. The van der Waals surface area contributed by atoms with E-state index in [1.807, 2.05) is 4.72 Å². The molecule has 2 aliphatic heterocycles. The minimum atomic E-state index is -4.15. The van der Waals surface area contributed by atoms with E-state index in [0.29, 0.717) is 49.2 Å². The first-order chi connectivity index (χ1) is 27.4. The van der Waals surface area contributed by atoms with Crippen LogP contribution in [0, 0.1) is 29.0 Å². The van der Waals surface area contributed by atoms with Crippen molar-refractivity contribution in [1.29, 1.82) is 0 Å². The van der Waals surface area contributed by atoms with Gasteiger partial charge in [0.05, 0.1) is 28.7 Å². The minimum absolute atomic E-state index is 0. The standard InChI is InChI=1S/C40H53F3N6O8S.2H2/c1-5-21-11-16-31-25(21)9-7-6-8-10-28-35(45-29-17-22(41)12-15-27(29)44-28)56-23-18-30(49(20-23)36(51)32(39(2,3)4)46-38(53)57-31)34(50)47-40(19-26(40)33(42)43)37(52)48-58(54,55)24-13-14-24;;/h12,15,17,21,23-26,30-33H,5-11,13-14,16,18-20H2,1-4H3,(H,46,53)(H,47,50)(H,48,52);2*1H/t21-,23+,25+,26-,30-,31+,32+,40+;;/m0../s1. The highest BCUT2D eigenvalue weighted by Gasteiger charge is 2.67. The number of hydrogen-bond acceptors (Lipinski definition) is 10. The molecule has 322 valence electrons. The van der Waals surface area contributed by atoms with Crippen molar-refractivity contribution in [3.8, 4) is 5.88 Å². The van der Waals surface area contributed by atoms with Crippen LogP contribution in [0.3, 0.4) is 0 Å². The maximum absolute atomic E-state index is 14.7. The zero-order valence-electron chi connectivity index (χ0n) is 33.3. The average Bonchev–Trinajstić information content (AvgIpc) is 4.06. The molecule has 7 rings (SSSR count). The van der Waals surface area contributed by atoms with Crippen LogP contribution >= 0.6 is 0 Å². The zero-order chi connectivity index (χ0) is 41.7. The summed E-state index contributed by atoms with van der Waals surface area (Å²) in [4.78, 5) is 66.7. The van der Waals surface area contributed by atoms with Crippen LogP contribution in [-0.4, -0.2) is 95.2 Å². The molecule has 1 saturated heterocycles. The lowest BCUT2D eigenvalue weighted by atomic mass is 9.85. The normalized spacial score (nSPS) is 31.0. The summed E-state index contributed by atoms with van der Waals surface area (Å²) in [6.07, 6.45) is 1.05. The van der Waals surface area contributed by atoms with Gasteiger partial charge in [0.15, 0.2) is 0 Å². The van der Waals surface area contributed by atoms with Crippen molar-refractivity contribution in [3.05, 3.63) is 29.7 Å². The van der Waals surface area contributed by atoms with Gasteiger partial charge in [0.1, 0.15) is 41.3 Å². The van der Waals surface area contributed by atoms with Crippen LogP contribution in [0.2, 0.25) is 0 Å². The van der Waals surface area contributed by atoms with Gasteiger partial charge in [-0.1, -0.05) is 47.0 Å². The SMILES string of the molecule is CC[C@H]1CC[C@H]2OC(=O)N[C@@H](C(C)(C)C)C(=O)N3C[C@@H](C[C@H]3C(=O)N[C@]3(C(=O)NS(=O)(=O)C4CC4)C[C@H]3C(F)F)Oc3nc4cc(F)ccc4nc3CCCCC[C@H]12.[HH].[HH]. The summed E-state index contributed by atoms with van der Waals surface area (Å²) >= 11 is 0. The Labute approximate surface area is 339 Å². The van der Waals surface area contributed by atoms with E-state index >= 15 is 0 Å². The van der Waals surface area contributed by atoms with Gasteiger partial charge in [-0.15, -0.1) is 0 Å². The molecule has 14 nitrogen and oxygen atoms in total. The monoisotopic (exact) mass is 838 g/mol. The number of nitrogens with zero attached hydrogens (tertiary/aromatic N) is 3. The molecular weight excluding hydrogens is 782 g/mol. The molecule has 0 unspecified atom stereocenters. The third-order valence-electron chi connectivity index (χ3n) is 12.6. The van der Waals surface area contributed by atoms with Crippen LogP contribution in [0.4, 0.5) is 18.0 Å². The molecule has 1 aromatic heterocycles.